The maximum atomic E-state index is 11.7. The van der Waals surface area contributed by atoms with E-state index in [0.717, 1.165) is 16.9 Å². The van der Waals surface area contributed by atoms with Crippen LogP contribution in [-0.2, 0) is 20.0 Å². The number of benzene rings is 1. The monoisotopic (exact) mass is 325 g/mol. The van der Waals surface area contributed by atoms with Gasteiger partial charge < -0.3 is 5.11 Å². The molecule has 9 heteroatoms. The van der Waals surface area contributed by atoms with Gasteiger partial charge in [-0.2, -0.15) is 0 Å². The molecule has 19 heavy (non-hydrogen) atoms. The molecule has 2 N–H and O–H groups in total. The topological polar surface area (TPSA) is 101 Å². The van der Waals surface area contributed by atoms with E-state index < -0.39 is 20.0 Å². The standard InChI is InChI=1S/C10H15NO5S3/c1-18(13,14)11-19(15,16)10-5-3-9(4-6-10)17-8-2-7-12/h3-6,11-12H,2,7-8H2,1H3. The Balaban J connectivity index is 2.81. The second kappa shape index (κ2) is 6.71. The van der Waals surface area contributed by atoms with Crippen molar-refractivity contribution in [3.63, 3.8) is 0 Å². The van der Waals surface area contributed by atoms with Crippen molar-refractivity contribution in [3.8, 4) is 0 Å². The van der Waals surface area contributed by atoms with E-state index in [1.165, 1.54) is 23.9 Å². The van der Waals surface area contributed by atoms with Gasteiger partial charge in [0.1, 0.15) is 0 Å². The number of rotatable bonds is 7. The molecule has 1 aromatic carbocycles. The van der Waals surface area contributed by atoms with E-state index in [0.29, 0.717) is 6.42 Å². The smallest absolute Gasteiger partial charge is 0.253 e. The molecule has 6 nitrogen and oxygen atoms in total. The predicted octanol–water partition coefficient (Wildman–Crippen LogP) is 0.399. The average molecular weight is 325 g/mol. The van der Waals surface area contributed by atoms with Crippen LogP contribution in [0.5, 0.6) is 0 Å². The first-order valence-electron chi connectivity index (χ1n) is 5.32. The molecular formula is C10H15NO5S3. The lowest BCUT2D eigenvalue weighted by Gasteiger charge is -2.06. The zero-order valence-corrected chi connectivity index (χ0v) is 12.7. The first-order valence-corrected chi connectivity index (χ1v) is 9.68. The summed E-state index contributed by atoms with van der Waals surface area (Å²) in [6.07, 6.45) is 1.43. The molecule has 108 valence electrons. The number of hydrogen-bond acceptors (Lipinski definition) is 6. The van der Waals surface area contributed by atoms with Crippen LogP contribution in [0.4, 0.5) is 0 Å². The minimum absolute atomic E-state index is 0.107. The maximum absolute atomic E-state index is 11.7. The van der Waals surface area contributed by atoms with Crippen molar-refractivity contribution in [2.24, 2.45) is 0 Å². The molecule has 0 spiro atoms. The van der Waals surface area contributed by atoms with Crippen LogP contribution in [0.2, 0.25) is 0 Å². The fourth-order valence-corrected chi connectivity index (χ4v) is 4.53. The Kier molecular flexibility index (Phi) is 5.81. The summed E-state index contributed by atoms with van der Waals surface area (Å²) < 4.78 is 46.9. The summed E-state index contributed by atoms with van der Waals surface area (Å²) in [5, 5.41) is 8.65. The van der Waals surface area contributed by atoms with Gasteiger partial charge in [-0.3, -0.25) is 0 Å². The van der Waals surface area contributed by atoms with Crippen LogP contribution >= 0.6 is 11.8 Å². The molecule has 0 unspecified atom stereocenters. The summed E-state index contributed by atoms with van der Waals surface area (Å²) in [6.45, 7) is 0.109. The lowest BCUT2D eigenvalue weighted by atomic mass is 10.4. The quantitative estimate of drug-likeness (QED) is 0.556. The molecule has 0 aliphatic carbocycles. The second-order valence-corrected chi connectivity index (χ2v) is 8.61. The summed E-state index contributed by atoms with van der Waals surface area (Å²) in [6, 6.07) is 5.88. The van der Waals surface area contributed by atoms with Crippen LogP contribution in [0.25, 0.3) is 0 Å². The molecule has 0 saturated heterocycles. The summed E-state index contributed by atoms with van der Waals surface area (Å²) >= 11 is 1.48. The van der Waals surface area contributed by atoms with Crippen molar-refractivity contribution in [1.29, 1.82) is 0 Å². The van der Waals surface area contributed by atoms with Gasteiger partial charge >= 0.3 is 0 Å². The van der Waals surface area contributed by atoms with E-state index in [4.69, 9.17) is 5.11 Å². The molecule has 0 amide bonds. The minimum Gasteiger partial charge on any atom is -0.396 e. The molecule has 0 heterocycles. The Morgan fingerprint density at radius 3 is 2.21 bits per heavy atom. The molecule has 0 fully saturated rings. The highest BCUT2D eigenvalue weighted by Gasteiger charge is 2.18. The maximum Gasteiger partial charge on any atom is 0.253 e. The van der Waals surface area contributed by atoms with E-state index in [1.807, 2.05) is 0 Å². The van der Waals surface area contributed by atoms with Gasteiger partial charge in [-0.05, 0) is 30.7 Å². The Bertz CT molecular complexity index is 607. The molecule has 0 radical (unpaired) electrons. The number of aliphatic hydroxyl groups is 1. The molecule has 1 rings (SSSR count). The van der Waals surface area contributed by atoms with Crippen LogP contribution in [0.15, 0.2) is 34.1 Å². The van der Waals surface area contributed by atoms with Gasteiger partial charge in [0.2, 0.25) is 10.0 Å². The van der Waals surface area contributed by atoms with Gasteiger partial charge in [0, 0.05) is 17.3 Å². The summed E-state index contributed by atoms with van der Waals surface area (Å²) in [5.41, 5.74) is 0. The summed E-state index contributed by atoms with van der Waals surface area (Å²) in [4.78, 5) is 0.746. The Hall–Kier alpha value is -0.610. The van der Waals surface area contributed by atoms with Crippen molar-refractivity contribution in [2.45, 2.75) is 16.2 Å². The lowest BCUT2D eigenvalue weighted by molar-refractivity contribution is 0.296. The van der Waals surface area contributed by atoms with Gasteiger partial charge in [-0.15, -0.1) is 15.9 Å². The molecule has 0 bridgehead atoms. The largest absolute Gasteiger partial charge is 0.396 e. The summed E-state index contributed by atoms with van der Waals surface area (Å²) in [5.74, 6) is 0.726. The van der Waals surface area contributed by atoms with Gasteiger partial charge in [-0.25, -0.2) is 16.8 Å². The lowest BCUT2D eigenvalue weighted by Crippen LogP contribution is -2.29. The SMILES string of the molecule is CS(=O)(=O)NS(=O)(=O)c1ccc(SCCCO)cc1. The van der Waals surface area contributed by atoms with Crippen LogP contribution in [0.3, 0.4) is 0 Å². The Morgan fingerprint density at radius 2 is 1.74 bits per heavy atom. The minimum atomic E-state index is -4.05. The van der Waals surface area contributed by atoms with E-state index in [9.17, 15) is 16.8 Å². The van der Waals surface area contributed by atoms with E-state index >= 15 is 0 Å². The first-order chi connectivity index (χ1) is 8.74. The number of sulfonamides is 2. The third-order valence-corrected chi connectivity index (χ3v) is 6.05. The van der Waals surface area contributed by atoms with E-state index in [-0.39, 0.29) is 11.5 Å². The fraction of sp³-hybridized carbons (Fsp3) is 0.400. The highest BCUT2D eigenvalue weighted by atomic mass is 32.3. The van der Waals surface area contributed by atoms with Crippen LogP contribution < -0.4 is 4.13 Å². The zero-order valence-electron chi connectivity index (χ0n) is 10.2. The van der Waals surface area contributed by atoms with Crippen molar-refractivity contribution < 1.29 is 21.9 Å². The number of aliphatic hydroxyl groups excluding tert-OH is 1. The number of thioether (sulfide) groups is 1. The van der Waals surface area contributed by atoms with Crippen LogP contribution in [-0.4, -0.2) is 40.6 Å². The van der Waals surface area contributed by atoms with Crippen molar-refractivity contribution in [2.75, 3.05) is 18.6 Å². The van der Waals surface area contributed by atoms with Crippen LogP contribution in [0, 0.1) is 0 Å². The zero-order chi connectivity index (χ0) is 14.5. The third kappa shape index (κ3) is 5.91. The second-order valence-electron chi connectivity index (χ2n) is 3.76. The summed E-state index contributed by atoms with van der Waals surface area (Å²) in [7, 11) is -7.88. The van der Waals surface area contributed by atoms with E-state index in [2.05, 4.69) is 0 Å². The molecule has 0 aromatic heterocycles. The predicted molar refractivity (Wildman–Crippen MR) is 74.0 cm³/mol. The third-order valence-electron chi connectivity index (χ3n) is 1.97. The highest BCUT2D eigenvalue weighted by Crippen LogP contribution is 2.20. The van der Waals surface area contributed by atoms with Crippen molar-refractivity contribution in [3.05, 3.63) is 24.3 Å². The Labute approximate surface area is 117 Å². The average Bonchev–Trinajstić information content (AvgIpc) is 2.27. The van der Waals surface area contributed by atoms with Gasteiger partial charge in [-0.1, -0.05) is 0 Å². The normalized spacial score (nSPS) is 12.5. The number of hydrogen-bond donors (Lipinski definition) is 2. The van der Waals surface area contributed by atoms with Gasteiger partial charge in [0.05, 0.1) is 11.2 Å². The fourth-order valence-electron chi connectivity index (χ4n) is 1.22. The van der Waals surface area contributed by atoms with Crippen molar-refractivity contribution >= 4 is 31.8 Å². The molecular weight excluding hydrogens is 310 g/mol. The van der Waals surface area contributed by atoms with Gasteiger partial charge in [0.25, 0.3) is 10.0 Å². The first kappa shape index (κ1) is 16.4. The number of nitrogens with one attached hydrogen (secondary N) is 1. The molecule has 0 aliphatic heterocycles. The van der Waals surface area contributed by atoms with Crippen LogP contribution in [0.1, 0.15) is 6.42 Å². The van der Waals surface area contributed by atoms with Gasteiger partial charge in [0.15, 0.2) is 0 Å². The molecule has 0 saturated carbocycles. The molecule has 1 aromatic rings. The molecule has 0 atom stereocenters. The molecule has 0 aliphatic rings. The Morgan fingerprint density at radius 1 is 1.16 bits per heavy atom. The van der Waals surface area contributed by atoms with E-state index in [1.54, 1.807) is 16.3 Å². The van der Waals surface area contributed by atoms with Crippen molar-refractivity contribution in [1.82, 2.24) is 4.13 Å². The highest BCUT2D eigenvalue weighted by molar-refractivity contribution is 8.04.